The van der Waals surface area contributed by atoms with Crippen molar-refractivity contribution in [1.29, 1.82) is 0 Å². The monoisotopic (exact) mass is 297 g/mol. The molecular formula is C16H24ClNS. The minimum absolute atomic E-state index is 0.328. The quantitative estimate of drug-likeness (QED) is 0.709. The van der Waals surface area contributed by atoms with Gasteiger partial charge in [0.15, 0.2) is 0 Å². The zero-order chi connectivity index (χ0) is 13.7. The SMILES string of the molecule is CCNC(/C1=C/CCCCCC1)c1scc(C)c1Cl. The van der Waals surface area contributed by atoms with Crippen LogP contribution in [0.25, 0.3) is 0 Å². The number of aryl methyl sites for hydroxylation is 1. The Bertz CT molecular complexity index is 436. The Hall–Kier alpha value is -0.310. The molecule has 0 spiro atoms. The fraction of sp³-hybridized carbons (Fsp3) is 0.625. The summed E-state index contributed by atoms with van der Waals surface area (Å²) in [5.74, 6) is 0. The Labute approximate surface area is 126 Å². The molecule has 1 heterocycles. The van der Waals surface area contributed by atoms with E-state index in [-0.39, 0.29) is 0 Å². The number of hydrogen-bond acceptors (Lipinski definition) is 2. The molecule has 0 saturated heterocycles. The summed E-state index contributed by atoms with van der Waals surface area (Å²) in [7, 11) is 0. The molecule has 1 aliphatic rings. The molecule has 1 unspecified atom stereocenters. The fourth-order valence-electron chi connectivity index (χ4n) is 2.72. The van der Waals surface area contributed by atoms with E-state index < -0.39 is 0 Å². The van der Waals surface area contributed by atoms with Crippen LogP contribution in [0.5, 0.6) is 0 Å². The van der Waals surface area contributed by atoms with Crippen molar-refractivity contribution in [2.45, 2.75) is 58.4 Å². The summed E-state index contributed by atoms with van der Waals surface area (Å²) < 4.78 is 0. The molecule has 3 heteroatoms. The first-order valence-corrected chi connectivity index (χ1v) is 8.65. The average Bonchev–Trinajstić information content (AvgIpc) is 2.68. The van der Waals surface area contributed by atoms with Crippen LogP contribution in [-0.4, -0.2) is 6.54 Å². The van der Waals surface area contributed by atoms with Gasteiger partial charge in [-0.05, 0) is 50.1 Å². The van der Waals surface area contributed by atoms with Crippen LogP contribution in [-0.2, 0) is 0 Å². The second-order valence-electron chi connectivity index (χ2n) is 5.32. The molecule has 1 aromatic heterocycles. The molecule has 0 aliphatic heterocycles. The normalized spacial score (nSPS) is 21.3. The summed E-state index contributed by atoms with van der Waals surface area (Å²) in [6, 6.07) is 0.328. The van der Waals surface area contributed by atoms with Gasteiger partial charge in [-0.1, -0.05) is 43.0 Å². The van der Waals surface area contributed by atoms with Gasteiger partial charge in [0.2, 0.25) is 0 Å². The van der Waals surface area contributed by atoms with Gasteiger partial charge >= 0.3 is 0 Å². The maximum absolute atomic E-state index is 6.47. The number of nitrogens with one attached hydrogen (secondary N) is 1. The van der Waals surface area contributed by atoms with Gasteiger partial charge in [-0.15, -0.1) is 11.3 Å². The molecule has 0 fully saturated rings. The predicted molar refractivity (Wildman–Crippen MR) is 86.3 cm³/mol. The second-order valence-corrected chi connectivity index (χ2v) is 6.61. The van der Waals surface area contributed by atoms with Gasteiger partial charge in [-0.25, -0.2) is 0 Å². The molecule has 0 bridgehead atoms. The van der Waals surface area contributed by atoms with E-state index in [1.165, 1.54) is 49.0 Å². The number of halogens is 1. The number of hydrogen-bond donors (Lipinski definition) is 1. The highest BCUT2D eigenvalue weighted by Crippen LogP contribution is 2.38. The summed E-state index contributed by atoms with van der Waals surface area (Å²) in [6.45, 7) is 5.25. The number of rotatable bonds is 4. The minimum atomic E-state index is 0.328. The van der Waals surface area contributed by atoms with E-state index in [1.807, 2.05) is 0 Å². The van der Waals surface area contributed by atoms with Crippen molar-refractivity contribution < 1.29 is 0 Å². The lowest BCUT2D eigenvalue weighted by molar-refractivity contribution is 0.558. The molecule has 0 saturated carbocycles. The van der Waals surface area contributed by atoms with Crippen LogP contribution in [0, 0.1) is 6.92 Å². The van der Waals surface area contributed by atoms with Crippen molar-refractivity contribution in [2.24, 2.45) is 0 Å². The first-order valence-electron chi connectivity index (χ1n) is 7.39. The standard InChI is InChI=1S/C16H24ClNS/c1-3-18-15(16-14(17)12(2)11-19-16)13-9-7-5-4-6-8-10-13/h9,11,15,18H,3-8,10H2,1-2H3/b13-9+. The maximum Gasteiger partial charge on any atom is 0.0645 e. The van der Waals surface area contributed by atoms with E-state index in [2.05, 4.69) is 30.6 Å². The highest BCUT2D eigenvalue weighted by molar-refractivity contribution is 7.10. The molecule has 19 heavy (non-hydrogen) atoms. The van der Waals surface area contributed by atoms with Gasteiger partial charge in [0.05, 0.1) is 11.1 Å². The van der Waals surface area contributed by atoms with E-state index in [4.69, 9.17) is 11.6 Å². The van der Waals surface area contributed by atoms with E-state index in [0.29, 0.717) is 6.04 Å². The highest BCUT2D eigenvalue weighted by atomic mass is 35.5. The smallest absolute Gasteiger partial charge is 0.0645 e. The van der Waals surface area contributed by atoms with Crippen LogP contribution >= 0.6 is 22.9 Å². The van der Waals surface area contributed by atoms with Crippen LogP contribution in [0.3, 0.4) is 0 Å². The third kappa shape index (κ3) is 3.84. The molecule has 1 N–H and O–H groups in total. The minimum Gasteiger partial charge on any atom is -0.306 e. The first-order chi connectivity index (χ1) is 9.24. The van der Waals surface area contributed by atoms with Crippen LogP contribution in [0.2, 0.25) is 5.02 Å². The summed E-state index contributed by atoms with van der Waals surface area (Å²) in [5.41, 5.74) is 2.75. The molecule has 1 atom stereocenters. The van der Waals surface area contributed by atoms with E-state index >= 15 is 0 Å². The lowest BCUT2D eigenvalue weighted by atomic mass is 9.94. The molecule has 0 aromatic carbocycles. The number of allylic oxidation sites excluding steroid dienone is 1. The molecule has 1 nitrogen and oxygen atoms in total. The van der Waals surface area contributed by atoms with E-state index in [0.717, 1.165) is 11.6 Å². The van der Waals surface area contributed by atoms with Gasteiger partial charge < -0.3 is 5.32 Å². The molecule has 0 amide bonds. The third-order valence-corrected chi connectivity index (χ3v) is 5.57. The van der Waals surface area contributed by atoms with E-state index in [1.54, 1.807) is 16.9 Å². The van der Waals surface area contributed by atoms with Gasteiger partial charge in [0.25, 0.3) is 0 Å². The zero-order valence-electron chi connectivity index (χ0n) is 12.0. The Morgan fingerprint density at radius 3 is 2.79 bits per heavy atom. The van der Waals surface area contributed by atoms with Crippen LogP contribution in [0.15, 0.2) is 17.0 Å². The zero-order valence-corrected chi connectivity index (χ0v) is 13.5. The van der Waals surface area contributed by atoms with Crippen LogP contribution in [0.4, 0.5) is 0 Å². The Balaban J connectivity index is 2.25. The van der Waals surface area contributed by atoms with Gasteiger partial charge in [0.1, 0.15) is 0 Å². The number of likely N-dealkylation sites (N-methyl/N-ethyl adjacent to an activating group) is 1. The Kier molecular flexibility index (Phi) is 5.93. The molecule has 1 aliphatic carbocycles. The van der Waals surface area contributed by atoms with Crippen molar-refractivity contribution >= 4 is 22.9 Å². The third-order valence-electron chi connectivity index (χ3n) is 3.79. The van der Waals surface area contributed by atoms with Crippen molar-refractivity contribution in [2.75, 3.05) is 6.54 Å². The largest absolute Gasteiger partial charge is 0.306 e. The van der Waals surface area contributed by atoms with Crippen LogP contribution in [0.1, 0.15) is 61.9 Å². The van der Waals surface area contributed by atoms with Crippen molar-refractivity contribution in [3.63, 3.8) is 0 Å². The predicted octanol–water partition coefficient (Wildman–Crippen LogP) is 5.64. The fourth-order valence-corrected chi connectivity index (χ4v) is 4.14. The highest BCUT2D eigenvalue weighted by Gasteiger charge is 2.21. The Morgan fingerprint density at radius 1 is 1.32 bits per heavy atom. The maximum atomic E-state index is 6.47. The second kappa shape index (κ2) is 7.47. The van der Waals surface area contributed by atoms with Gasteiger partial charge in [-0.3, -0.25) is 0 Å². The summed E-state index contributed by atoms with van der Waals surface area (Å²) in [4.78, 5) is 1.30. The Morgan fingerprint density at radius 2 is 2.11 bits per heavy atom. The topological polar surface area (TPSA) is 12.0 Å². The molecular weight excluding hydrogens is 274 g/mol. The van der Waals surface area contributed by atoms with Crippen molar-refractivity contribution in [1.82, 2.24) is 5.32 Å². The van der Waals surface area contributed by atoms with Gasteiger partial charge in [0, 0.05) is 4.88 Å². The van der Waals surface area contributed by atoms with E-state index in [9.17, 15) is 0 Å². The van der Waals surface area contributed by atoms with Gasteiger partial charge in [-0.2, -0.15) is 0 Å². The molecule has 0 radical (unpaired) electrons. The molecule has 2 rings (SSSR count). The summed E-state index contributed by atoms with van der Waals surface area (Å²) in [5, 5.41) is 6.76. The van der Waals surface area contributed by atoms with Crippen molar-refractivity contribution in [3.05, 3.63) is 32.5 Å². The van der Waals surface area contributed by atoms with Crippen molar-refractivity contribution in [3.8, 4) is 0 Å². The average molecular weight is 298 g/mol. The molecule has 106 valence electrons. The van der Waals surface area contributed by atoms with Crippen LogP contribution < -0.4 is 5.32 Å². The summed E-state index contributed by atoms with van der Waals surface area (Å²) in [6.07, 6.45) is 10.3. The first kappa shape index (κ1) is 15.1. The molecule has 1 aromatic rings. The lowest BCUT2D eigenvalue weighted by Gasteiger charge is -2.22. The summed E-state index contributed by atoms with van der Waals surface area (Å²) >= 11 is 8.27. The lowest BCUT2D eigenvalue weighted by Crippen LogP contribution is -2.22. The number of thiophene rings is 1.